The second kappa shape index (κ2) is 2.24. The van der Waals surface area contributed by atoms with E-state index < -0.39 is 0 Å². The summed E-state index contributed by atoms with van der Waals surface area (Å²) in [4.78, 5) is 13.3. The number of likely N-dealkylation sites (N-methyl/N-ethyl adjacent to an activating group) is 1. The summed E-state index contributed by atoms with van der Waals surface area (Å²) in [5.41, 5.74) is 7.95. The van der Waals surface area contributed by atoms with Crippen molar-refractivity contribution in [2.45, 2.75) is 0 Å². The van der Waals surface area contributed by atoms with Gasteiger partial charge < -0.3 is 10.6 Å². The minimum atomic E-state index is 0.153. The highest BCUT2D eigenvalue weighted by Crippen LogP contribution is 2.27. The number of anilines is 2. The second-order valence-electron chi connectivity index (χ2n) is 3.06. The van der Waals surface area contributed by atoms with E-state index in [4.69, 9.17) is 5.73 Å². The smallest absolute Gasteiger partial charge is 0.184 e. The van der Waals surface area contributed by atoms with Crippen molar-refractivity contribution in [2.24, 2.45) is 0 Å². The highest BCUT2D eigenvalue weighted by Gasteiger charge is 2.23. The van der Waals surface area contributed by atoms with Crippen LogP contribution >= 0.6 is 0 Å². The van der Waals surface area contributed by atoms with Crippen molar-refractivity contribution >= 4 is 17.2 Å². The number of nitrogens with two attached hydrogens (primary N) is 1. The summed E-state index contributed by atoms with van der Waals surface area (Å²) < 4.78 is 0. The molecule has 3 nitrogen and oxygen atoms in total. The van der Waals surface area contributed by atoms with E-state index >= 15 is 0 Å². The number of Topliss-reactive ketones (excluding diaryl/α,β-unsaturated/α-hetero) is 1. The van der Waals surface area contributed by atoms with E-state index in [1.54, 1.807) is 6.07 Å². The Morgan fingerprint density at radius 3 is 3.00 bits per heavy atom. The van der Waals surface area contributed by atoms with Crippen molar-refractivity contribution in [3.05, 3.63) is 23.8 Å². The molecule has 2 N–H and O–H groups in total. The summed E-state index contributed by atoms with van der Waals surface area (Å²) in [5.74, 6) is 0.153. The van der Waals surface area contributed by atoms with Crippen LogP contribution in [-0.2, 0) is 0 Å². The van der Waals surface area contributed by atoms with E-state index in [0.29, 0.717) is 12.2 Å². The van der Waals surface area contributed by atoms with Gasteiger partial charge in [0.25, 0.3) is 0 Å². The lowest BCUT2D eigenvalue weighted by Gasteiger charge is -2.09. The molecule has 0 saturated carbocycles. The van der Waals surface area contributed by atoms with E-state index in [-0.39, 0.29) is 5.78 Å². The lowest BCUT2D eigenvalue weighted by molar-refractivity contribution is 0.101. The zero-order chi connectivity index (χ0) is 8.72. The van der Waals surface area contributed by atoms with Crippen molar-refractivity contribution in [1.29, 1.82) is 0 Å². The van der Waals surface area contributed by atoms with Gasteiger partial charge in [-0.25, -0.2) is 0 Å². The van der Waals surface area contributed by atoms with Gasteiger partial charge in [0.15, 0.2) is 5.78 Å². The van der Waals surface area contributed by atoms with Crippen molar-refractivity contribution in [3.63, 3.8) is 0 Å². The third-order valence-electron chi connectivity index (χ3n) is 2.11. The number of nitrogens with zero attached hydrogens (tertiary/aromatic N) is 1. The van der Waals surface area contributed by atoms with E-state index in [1.807, 2.05) is 24.1 Å². The third kappa shape index (κ3) is 0.863. The maximum absolute atomic E-state index is 11.3. The molecule has 1 aromatic rings. The molecule has 1 aromatic carbocycles. The lowest BCUT2D eigenvalue weighted by atomic mass is 10.1. The van der Waals surface area contributed by atoms with Gasteiger partial charge in [-0.05, 0) is 18.2 Å². The van der Waals surface area contributed by atoms with Crippen LogP contribution in [0.2, 0.25) is 0 Å². The van der Waals surface area contributed by atoms with Crippen LogP contribution in [-0.4, -0.2) is 19.4 Å². The molecule has 0 aromatic heterocycles. The van der Waals surface area contributed by atoms with Gasteiger partial charge in [-0.3, -0.25) is 4.79 Å². The fraction of sp³-hybridized carbons (Fsp3) is 0.222. The number of carbonyl (C=O) groups is 1. The van der Waals surface area contributed by atoms with Crippen LogP contribution in [0.5, 0.6) is 0 Å². The molecular formula is C9H10N2O. The Morgan fingerprint density at radius 1 is 1.50 bits per heavy atom. The Bertz CT molecular complexity index is 346. The SMILES string of the molecule is CN1CC(=O)c2cc(N)ccc21. The summed E-state index contributed by atoms with van der Waals surface area (Å²) in [6.45, 7) is 0.471. The first kappa shape index (κ1) is 7.16. The molecule has 0 bridgehead atoms. The summed E-state index contributed by atoms with van der Waals surface area (Å²) in [6.07, 6.45) is 0. The minimum Gasteiger partial charge on any atom is -0.399 e. The molecule has 0 aliphatic carbocycles. The van der Waals surface area contributed by atoms with Crippen LogP contribution in [0.15, 0.2) is 18.2 Å². The number of nitrogen functional groups attached to an aromatic ring is 1. The molecular weight excluding hydrogens is 152 g/mol. The molecule has 62 valence electrons. The monoisotopic (exact) mass is 162 g/mol. The quantitative estimate of drug-likeness (QED) is 0.576. The van der Waals surface area contributed by atoms with Crippen molar-refractivity contribution < 1.29 is 4.79 Å². The number of rotatable bonds is 0. The Balaban J connectivity index is 2.60. The fourth-order valence-electron chi connectivity index (χ4n) is 1.50. The summed E-state index contributed by atoms with van der Waals surface area (Å²) in [6, 6.07) is 5.44. The lowest BCUT2D eigenvalue weighted by Crippen LogP contribution is -2.15. The summed E-state index contributed by atoms with van der Waals surface area (Å²) in [7, 11) is 1.90. The minimum absolute atomic E-state index is 0.153. The number of carbonyl (C=O) groups excluding carboxylic acids is 1. The van der Waals surface area contributed by atoms with Gasteiger partial charge in [0, 0.05) is 24.0 Å². The van der Waals surface area contributed by atoms with E-state index in [0.717, 1.165) is 11.3 Å². The zero-order valence-corrected chi connectivity index (χ0v) is 6.87. The van der Waals surface area contributed by atoms with Crippen molar-refractivity contribution in [2.75, 3.05) is 24.2 Å². The molecule has 3 heteroatoms. The van der Waals surface area contributed by atoms with Gasteiger partial charge in [0.2, 0.25) is 0 Å². The molecule has 2 rings (SSSR count). The van der Waals surface area contributed by atoms with Crippen LogP contribution in [0.25, 0.3) is 0 Å². The first-order chi connectivity index (χ1) is 5.68. The predicted molar refractivity (Wildman–Crippen MR) is 48.5 cm³/mol. The van der Waals surface area contributed by atoms with Crippen LogP contribution in [0, 0.1) is 0 Å². The van der Waals surface area contributed by atoms with Crippen molar-refractivity contribution in [3.8, 4) is 0 Å². The van der Waals surface area contributed by atoms with Gasteiger partial charge in [-0.1, -0.05) is 0 Å². The Labute approximate surface area is 70.8 Å². The number of benzene rings is 1. The number of hydrogen-bond donors (Lipinski definition) is 1. The first-order valence-electron chi connectivity index (χ1n) is 3.82. The molecule has 0 saturated heterocycles. The standard InChI is InChI=1S/C9H10N2O/c1-11-5-9(12)7-4-6(10)2-3-8(7)11/h2-4H,5,10H2,1H3. The van der Waals surface area contributed by atoms with Crippen LogP contribution < -0.4 is 10.6 Å². The van der Waals surface area contributed by atoms with Crippen LogP contribution in [0.1, 0.15) is 10.4 Å². The molecule has 0 fully saturated rings. The van der Waals surface area contributed by atoms with Crippen molar-refractivity contribution in [1.82, 2.24) is 0 Å². The molecule has 0 unspecified atom stereocenters. The molecule has 0 amide bonds. The van der Waals surface area contributed by atoms with Gasteiger partial charge in [0.1, 0.15) is 0 Å². The number of ketones is 1. The second-order valence-corrected chi connectivity index (χ2v) is 3.06. The molecule has 0 atom stereocenters. The maximum atomic E-state index is 11.3. The third-order valence-corrected chi connectivity index (χ3v) is 2.11. The van der Waals surface area contributed by atoms with Gasteiger partial charge in [-0.15, -0.1) is 0 Å². The van der Waals surface area contributed by atoms with Crippen LogP contribution in [0.4, 0.5) is 11.4 Å². The topological polar surface area (TPSA) is 46.3 Å². The highest BCUT2D eigenvalue weighted by atomic mass is 16.1. The van der Waals surface area contributed by atoms with Gasteiger partial charge >= 0.3 is 0 Å². The summed E-state index contributed by atoms with van der Waals surface area (Å²) >= 11 is 0. The molecule has 1 aliphatic heterocycles. The highest BCUT2D eigenvalue weighted by molar-refractivity contribution is 6.09. The van der Waals surface area contributed by atoms with E-state index in [2.05, 4.69) is 0 Å². The number of hydrogen-bond acceptors (Lipinski definition) is 3. The first-order valence-corrected chi connectivity index (χ1v) is 3.82. The molecule has 1 aliphatic rings. The molecule has 1 heterocycles. The maximum Gasteiger partial charge on any atom is 0.184 e. The predicted octanol–water partition coefficient (Wildman–Crippen LogP) is 0.901. The number of fused-ring (bicyclic) bond motifs is 1. The van der Waals surface area contributed by atoms with Gasteiger partial charge in [0.05, 0.1) is 6.54 Å². The Hall–Kier alpha value is -1.51. The zero-order valence-electron chi connectivity index (χ0n) is 6.87. The van der Waals surface area contributed by atoms with Gasteiger partial charge in [-0.2, -0.15) is 0 Å². The summed E-state index contributed by atoms with van der Waals surface area (Å²) in [5, 5.41) is 0. The normalized spacial score (nSPS) is 15.1. The van der Waals surface area contributed by atoms with Crippen LogP contribution in [0.3, 0.4) is 0 Å². The largest absolute Gasteiger partial charge is 0.399 e. The average molecular weight is 162 g/mol. The molecule has 0 spiro atoms. The fourth-order valence-corrected chi connectivity index (χ4v) is 1.50. The molecule has 0 radical (unpaired) electrons. The van der Waals surface area contributed by atoms with E-state index in [9.17, 15) is 4.79 Å². The Morgan fingerprint density at radius 2 is 2.25 bits per heavy atom. The Kier molecular flexibility index (Phi) is 1.33. The molecule has 12 heavy (non-hydrogen) atoms. The van der Waals surface area contributed by atoms with E-state index in [1.165, 1.54) is 0 Å². The average Bonchev–Trinajstić information content (AvgIpc) is 2.28.